The van der Waals surface area contributed by atoms with Gasteiger partial charge < -0.3 is 74.4 Å². The zero-order chi connectivity index (χ0) is 42.2. The molecular formula is C42H46O17. The minimum Gasteiger partial charge on any atom is -0.508 e. The van der Waals surface area contributed by atoms with E-state index >= 15 is 0 Å². The molecule has 0 aromatic heterocycles. The Kier molecular flexibility index (Phi) is 14.4. The first-order valence-corrected chi connectivity index (χ1v) is 18.7. The number of carbonyl (C=O) groups is 2. The highest BCUT2D eigenvalue weighted by atomic mass is 16.8. The number of aliphatic hydroxyl groups is 7. The number of hydrogen-bond acceptors (Lipinski definition) is 17. The number of esters is 2. The number of aromatic hydroxyl groups is 2. The zero-order valence-corrected chi connectivity index (χ0v) is 31.3. The molecule has 0 radical (unpaired) electrons. The second-order valence-corrected chi connectivity index (χ2v) is 14.3. The van der Waals surface area contributed by atoms with Crippen LogP contribution in [0.15, 0.2) is 109 Å². The first-order chi connectivity index (χ1) is 28.3. The van der Waals surface area contributed by atoms with Gasteiger partial charge in [-0.25, -0.2) is 9.59 Å². The lowest BCUT2D eigenvalue weighted by Crippen LogP contribution is -2.60. The van der Waals surface area contributed by atoms with Crippen LogP contribution in [0.4, 0.5) is 0 Å². The first kappa shape index (κ1) is 43.2. The Balaban J connectivity index is 0.000000213. The van der Waals surface area contributed by atoms with Gasteiger partial charge in [-0.2, -0.15) is 0 Å². The summed E-state index contributed by atoms with van der Waals surface area (Å²) in [6, 6.07) is 12.6. The molecule has 0 bridgehead atoms. The van der Waals surface area contributed by atoms with Gasteiger partial charge >= 0.3 is 11.9 Å². The molecule has 7 rings (SSSR count). The third-order valence-corrected chi connectivity index (χ3v) is 10.4. The summed E-state index contributed by atoms with van der Waals surface area (Å²) in [5, 5.41) is 88.5. The molecule has 17 nitrogen and oxygen atoms in total. The lowest BCUT2D eigenvalue weighted by Gasteiger charge is -2.42. The first-order valence-electron chi connectivity index (χ1n) is 18.7. The third-order valence-electron chi connectivity index (χ3n) is 10.4. The molecule has 13 atom stereocenters. The van der Waals surface area contributed by atoms with E-state index in [1.807, 2.05) is 0 Å². The van der Waals surface area contributed by atoms with Crippen LogP contribution in [-0.4, -0.2) is 133 Å². The molecule has 0 amide bonds. The van der Waals surface area contributed by atoms with Crippen LogP contribution in [0.2, 0.25) is 0 Å². The van der Waals surface area contributed by atoms with Crippen molar-refractivity contribution in [3.05, 3.63) is 120 Å². The van der Waals surface area contributed by atoms with Gasteiger partial charge in [-0.05, 0) is 70.8 Å². The van der Waals surface area contributed by atoms with Crippen molar-refractivity contribution in [3.63, 3.8) is 0 Å². The van der Waals surface area contributed by atoms with E-state index in [9.17, 15) is 55.5 Å². The summed E-state index contributed by atoms with van der Waals surface area (Å²) in [5.74, 6) is -2.65. The number of rotatable bonds is 11. The van der Waals surface area contributed by atoms with Crippen molar-refractivity contribution in [3.8, 4) is 11.5 Å². The number of ether oxygens (including phenoxy) is 6. The fraction of sp³-hybridized carbons (Fsp3) is 0.381. The van der Waals surface area contributed by atoms with Crippen molar-refractivity contribution >= 4 is 24.1 Å². The number of phenols is 2. The maximum Gasteiger partial charge on any atom is 0.331 e. The molecule has 2 aromatic carbocycles. The van der Waals surface area contributed by atoms with Gasteiger partial charge in [0.05, 0.1) is 43.2 Å². The van der Waals surface area contributed by atoms with Crippen LogP contribution in [0.25, 0.3) is 12.2 Å². The maximum atomic E-state index is 12.2. The number of carbonyl (C=O) groups excluding carboxylic acids is 2. The normalized spacial score (nSPS) is 33.2. The van der Waals surface area contributed by atoms with Gasteiger partial charge in [0, 0.05) is 24.0 Å². The van der Waals surface area contributed by atoms with Gasteiger partial charge in [0.2, 0.25) is 12.6 Å². The van der Waals surface area contributed by atoms with Crippen molar-refractivity contribution in [2.24, 2.45) is 23.7 Å². The monoisotopic (exact) mass is 822 g/mol. The minimum atomic E-state index is -1.62. The molecule has 1 fully saturated rings. The topological polar surface area (TPSA) is 272 Å². The molecule has 2 aliphatic carbocycles. The van der Waals surface area contributed by atoms with Gasteiger partial charge in [-0.1, -0.05) is 36.4 Å². The Morgan fingerprint density at radius 2 is 1.12 bits per heavy atom. The van der Waals surface area contributed by atoms with Crippen LogP contribution in [-0.2, 0) is 38.0 Å². The molecular weight excluding hydrogens is 776 g/mol. The van der Waals surface area contributed by atoms with Crippen LogP contribution >= 0.6 is 0 Å². The molecule has 9 N–H and O–H groups in total. The fourth-order valence-corrected chi connectivity index (χ4v) is 7.22. The molecule has 0 spiro atoms. The Morgan fingerprint density at radius 3 is 1.64 bits per heavy atom. The summed E-state index contributed by atoms with van der Waals surface area (Å²) in [7, 11) is 0. The van der Waals surface area contributed by atoms with E-state index < -0.39 is 91.8 Å². The van der Waals surface area contributed by atoms with Crippen molar-refractivity contribution in [2.45, 2.75) is 55.5 Å². The SMILES string of the molecule is O=C(/C=C/c1ccc(O)cc1)OCC1=C[C@@H](O)[C@@H]2C=CO[C@@H](O)[C@H]12.O=C(/C=C/c1ccc(O)cc1)OCC1=C[C@@H](O)[C@@H]2C=CO[C@@H](OC3O[C@H](CO)[C@@H](O)[C@H](O)[C@H]3O)[C@H]12. The molecule has 3 heterocycles. The minimum absolute atomic E-state index is 0.0226. The fourth-order valence-electron chi connectivity index (χ4n) is 7.22. The summed E-state index contributed by atoms with van der Waals surface area (Å²) in [6.45, 7) is -0.798. The quantitative estimate of drug-likeness (QED) is 0.0849. The average Bonchev–Trinajstić information content (AvgIpc) is 3.75. The number of fused-ring (bicyclic) bond motifs is 2. The third kappa shape index (κ3) is 10.6. The smallest absolute Gasteiger partial charge is 0.331 e. The highest BCUT2D eigenvalue weighted by Crippen LogP contribution is 2.42. The summed E-state index contributed by atoms with van der Waals surface area (Å²) < 4.78 is 32.2. The molecule has 2 aromatic rings. The van der Waals surface area contributed by atoms with Crippen LogP contribution < -0.4 is 0 Å². The van der Waals surface area contributed by atoms with Crippen molar-refractivity contribution < 1.29 is 84.0 Å². The number of aliphatic hydroxyl groups excluding tert-OH is 7. The standard InChI is InChI=1S/C24H28O11.C18H18O6/c25-10-17-20(29)21(30)22(31)24(34-17)35-23-19-13(9-16(27)15(19)7-8-32-23)11-33-18(28)6-3-12-1-4-14(26)5-2-12;19-13-4-1-11(2-5-13)3-6-16(21)24-10-12-9-15(20)14-7-8-23-18(22)17(12)14/h1-9,15-17,19-27,29-31H,10-11H2;1-9,14-15,17-20,22H,10H2/b2*6-3+/t15-,16+,17+,19+,20+,21-,22+,23-,24?;14-,15+,17+,18+/m00/s1. The lowest BCUT2D eigenvalue weighted by atomic mass is 9.88. The van der Waals surface area contributed by atoms with Crippen LogP contribution in [0, 0.1) is 23.7 Å². The van der Waals surface area contributed by atoms with Crippen LogP contribution in [0.5, 0.6) is 11.5 Å². The summed E-state index contributed by atoms with van der Waals surface area (Å²) in [6.07, 6.45) is 3.64. The van der Waals surface area contributed by atoms with Crippen molar-refractivity contribution in [1.29, 1.82) is 0 Å². The predicted octanol–water partition coefficient (Wildman–Crippen LogP) is 0.513. The largest absolute Gasteiger partial charge is 0.508 e. The summed E-state index contributed by atoms with van der Waals surface area (Å²) in [4.78, 5) is 24.0. The molecule has 5 aliphatic rings. The van der Waals surface area contributed by atoms with E-state index in [-0.39, 0.29) is 30.6 Å². The van der Waals surface area contributed by atoms with Gasteiger partial charge in [0.25, 0.3) is 0 Å². The zero-order valence-electron chi connectivity index (χ0n) is 31.3. The Hall–Kier alpha value is -5.34. The second kappa shape index (κ2) is 19.6. The van der Waals surface area contributed by atoms with E-state index in [1.165, 1.54) is 61.1 Å². The van der Waals surface area contributed by atoms with Crippen LogP contribution in [0.3, 0.4) is 0 Å². The molecule has 3 aliphatic heterocycles. The number of phenolic OH excluding ortho intramolecular Hbond substituents is 2. The Labute approximate surface area is 337 Å². The lowest BCUT2D eigenvalue weighted by molar-refractivity contribution is -0.339. The number of hydrogen-bond donors (Lipinski definition) is 9. The van der Waals surface area contributed by atoms with E-state index in [0.717, 1.165) is 5.56 Å². The summed E-state index contributed by atoms with van der Waals surface area (Å²) in [5.41, 5.74) is 2.60. The average molecular weight is 823 g/mol. The predicted molar refractivity (Wildman–Crippen MR) is 203 cm³/mol. The Bertz CT molecular complexity index is 1930. The molecule has 59 heavy (non-hydrogen) atoms. The molecule has 316 valence electrons. The van der Waals surface area contributed by atoms with E-state index in [4.69, 9.17) is 28.4 Å². The molecule has 17 heteroatoms. The van der Waals surface area contributed by atoms with Crippen molar-refractivity contribution in [2.75, 3.05) is 19.8 Å². The molecule has 1 saturated heterocycles. The van der Waals surface area contributed by atoms with Gasteiger partial charge in [-0.3, -0.25) is 0 Å². The summed E-state index contributed by atoms with van der Waals surface area (Å²) >= 11 is 0. The van der Waals surface area contributed by atoms with Gasteiger partial charge in [-0.15, -0.1) is 0 Å². The van der Waals surface area contributed by atoms with Gasteiger partial charge in [0.15, 0.2) is 6.29 Å². The Morgan fingerprint density at radius 1 is 0.627 bits per heavy atom. The molecule has 0 saturated carbocycles. The van der Waals surface area contributed by atoms with E-state index in [1.54, 1.807) is 48.6 Å². The van der Waals surface area contributed by atoms with Crippen LogP contribution in [0.1, 0.15) is 11.1 Å². The van der Waals surface area contributed by atoms with E-state index in [2.05, 4.69) is 0 Å². The molecule has 1 unspecified atom stereocenters. The van der Waals surface area contributed by atoms with E-state index in [0.29, 0.717) is 16.7 Å². The number of benzene rings is 2. The highest BCUT2D eigenvalue weighted by Gasteiger charge is 2.49. The van der Waals surface area contributed by atoms with Crippen molar-refractivity contribution in [1.82, 2.24) is 0 Å². The van der Waals surface area contributed by atoms with Gasteiger partial charge in [0.1, 0.15) is 49.1 Å². The second-order valence-electron chi connectivity index (χ2n) is 14.3. The highest BCUT2D eigenvalue weighted by molar-refractivity contribution is 5.87. The maximum absolute atomic E-state index is 12.2.